The minimum absolute atomic E-state index is 0.196. The predicted molar refractivity (Wildman–Crippen MR) is 114 cm³/mol. The summed E-state index contributed by atoms with van der Waals surface area (Å²) in [5.41, 5.74) is 1.46. The van der Waals surface area contributed by atoms with Crippen molar-refractivity contribution in [3.05, 3.63) is 87.7 Å². The highest BCUT2D eigenvalue weighted by atomic mass is 35.5. The van der Waals surface area contributed by atoms with Crippen LogP contribution in [0.1, 0.15) is 11.3 Å². The number of amides is 1. The molecule has 1 amide bonds. The van der Waals surface area contributed by atoms with E-state index in [0.717, 1.165) is 5.56 Å². The number of furan rings is 1. The molecule has 0 saturated carbocycles. The highest BCUT2D eigenvalue weighted by Crippen LogP contribution is 2.35. The van der Waals surface area contributed by atoms with Gasteiger partial charge in [0.05, 0.1) is 11.4 Å². The maximum atomic E-state index is 13.4. The normalized spacial score (nSPS) is 15.6. The summed E-state index contributed by atoms with van der Waals surface area (Å²) in [6.07, 6.45) is 1.65. The molecule has 28 heavy (non-hydrogen) atoms. The van der Waals surface area contributed by atoms with Crippen molar-refractivity contribution >= 4 is 51.9 Å². The average molecular weight is 430 g/mol. The van der Waals surface area contributed by atoms with Crippen molar-refractivity contribution in [1.82, 2.24) is 4.90 Å². The molecule has 2 aromatic carbocycles. The fourth-order valence-corrected chi connectivity index (χ4v) is 4.22. The number of hydrogen-bond acceptors (Lipinski definition) is 4. The van der Waals surface area contributed by atoms with E-state index in [-0.39, 0.29) is 11.7 Å². The Bertz CT molecular complexity index is 1110. The highest BCUT2D eigenvalue weighted by molar-refractivity contribution is 8.26. The molecule has 3 aromatic rings. The van der Waals surface area contributed by atoms with Gasteiger partial charge < -0.3 is 4.42 Å². The Hall–Kier alpha value is -2.41. The third-order valence-electron chi connectivity index (χ3n) is 4.17. The van der Waals surface area contributed by atoms with Gasteiger partial charge in [0.1, 0.15) is 21.7 Å². The summed E-state index contributed by atoms with van der Waals surface area (Å²) < 4.78 is 19.6. The van der Waals surface area contributed by atoms with E-state index in [9.17, 15) is 9.18 Å². The SMILES string of the molecule is O=C1/C(=C\c2ccc(-c3cccc(F)c3)o2)SC(=S)N1Cc1ccccc1Cl. The number of carbonyl (C=O) groups excluding carboxylic acids is 1. The highest BCUT2D eigenvalue weighted by Gasteiger charge is 2.32. The first kappa shape index (κ1) is 18.9. The molecule has 2 heterocycles. The molecule has 4 rings (SSSR count). The lowest BCUT2D eigenvalue weighted by Gasteiger charge is -2.15. The van der Waals surface area contributed by atoms with Crippen molar-refractivity contribution in [2.24, 2.45) is 0 Å². The Labute approximate surface area is 175 Å². The molecule has 1 aliphatic rings. The molecule has 0 atom stereocenters. The first-order valence-corrected chi connectivity index (χ1v) is 9.96. The lowest BCUT2D eigenvalue weighted by atomic mass is 10.2. The van der Waals surface area contributed by atoms with Gasteiger partial charge in [-0.1, -0.05) is 65.9 Å². The number of rotatable bonds is 4. The molecule has 7 heteroatoms. The molecular formula is C21H13ClFNO2S2. The maximum Gasteiger partial charge on any atom is 0.266 e. The molecule has 0 bridgehead atoms. The number of thioether (sulfide) groups is 1. The van der Waals surface area contributed by atoms with Crippen LogP contribution in [0, 0.1) is 5.82 Å². The first-order valence-electron chi connectivity index (χ1n) is 8.36. The van der Waals surface area contributed by atoms with Crippen molar-refractivity contribution < 1.29 is 13.6 Å². The van der Waals surface area contributed by atoms with Crippen LogP contribution in [-0.2, 0) is 11.3 Å². The number of nitrogens with zero attached hydrogens (tertiary/aromatic N) is 1. The molecule has 0 spiro atoms. The van der Waals surface area contributed by atoms with Crippen LogP contribution < -0.4 is 0 Å². The molecule has 0 unspecified atom stereocenters. The first-order chi connectivity index (χ1) is 13.5. The van der Waals surface area contributed by atoms with Gasteiger partial charge in [0.25, 0.3) is 5.91 Å². The van der Waals surface area contributed by atoms with Gasteiger partial charge in [0.15, 0.2) is 0 Å². The van der Waals surface area contributed by atoms with E-state index in [1.807, 2.05) is 18.2 Å². The summed E-state index contributed by atoms with van der Waals surface area (Å²) in [5.74, 6) is 0.490. The fourth-order valence-electron chi connectivity index (χ4n) is 2.79. The number of benzene rings is 2. The Morgan fingerprint density at radius 3 is 2.75 bits per heavy atom. The van der Waals surface area contributed by atoms with E-state index in [0.29, 0.717) is 37.9 Å². The second-order valence-electron chi connectivity index (χ2n) is 6.07. The van der Waals surface area contributed by atoms with E-state index < -0.39 is 0 Å². The second kappa shape index (κ2) is 7.91. The Balaban J connectivity index is 1.55. The monoisotopic (exact) mass is 429 g/mol. The smallest absolute Gasteiger partial charge is 0.266 e. The molecule has 0 N–H and O–H groups in total. The van der Waals surface area contributed by atoms with Gasteiger partial charge in [-0.05, 0) is 35.9 Å². The molecule has 0 aliphatic carbocycles. The van der Waals surface area contributed by atoms with E-state index in [1.165, 1.54) is 28.8 Å². The maximum absolute atomic E-state index is 13.4. The van der Waals surface area contributed by atoms with E-state index >= 15 is 0 Å². The molecule has 140 valence electrons. The van der Waals surface area contributed by atoms with Crippen LogP contribution in [0.25, 0.3) is 17.4 Å². The largest absolute Gasteiger partial charge is 0.457 e. The van der Waals surface area contributed by atoms with Gasteiger partial charge in [0, 0.05) is 16.7 Å². The zero-order valence-electron chi connectivity index (χ0n) is 14.4. The van der Waals surface area contributed by atoms with Crippen LogP contribution >= 0.6 is 35.6 Å². The van der Waals surface area contributed by atoms with E-state index in [2.05, 4.69) is 0 Å². The van der Waals surface area contributed by atoms with E-state index in [1.54, 1.807) is 36.4 Å². The van der Waals surface area contributed by atoms with Gasteiger partial charge in [-0.25, -0.2) is 4.39 Å². The number of halogens is 2. The standard InChI is InChI=1S/C21H13ClFNO2S2/c22-17-7-2-1-4-14(17)12-24-20(25)19(28-21(24)27)11-16-8-9-18(26-16)13-5-3-6-15(23)10-13/h1-11H,12H2/b19-11+. The van der Waals surface area contributed by atoms with Crippen LogP contribution in [-0.4, -0.2) is 15.1 Å². The predicted octanol–water partition coefficient (Wildman–Crippen LogP) is 6.14. The zero-order chi connectivity index (χ0) is 19.7. The van der Waals surface area contributed by atoms with Crippen molar-refractivity contribution in [3.63, 3.8) is 0 Å². The molecule has 1 aliphatic heterocycles. The van der Waals surface area contributed by atoms with Crippen LogP contribution in [0.4, 0.5) is 4.39 Å². The number of carbonyl (C=O) groups is 1. The fraction of sp³-hybridized carbons (Fsp3) is 0.0476. The van der Waals surface area contributed by atoms with Crippen LogP contribution in [0.5, 0.6) is 0 Å². The topological polar surface area (TPSA) is 33.5 Å². The third kappa shape index (κ3) is 3.90. The quantitative estimate of drug-likeness (QED) is 0.368. The Morgan fingerprint density at radius 1 is 1.14 bits per heavy atom. The number of hydrogen-bond donors (Lipinski definition) is 0. The van der Waals surface area contributed by atoms with Crippen molar-refractivity contribution in [2.75, 3.05) is 0 Å². The summed E-state index contributed by atoms with van der Waals surface area (Å²) >= 11 is 12.8. The van der Waals surface area contributed by atoms with Crippen LogP contribution in [0.3, 0.4) is 0 Å². The Kier molecular flexibility index (Phi) is 5.35. The van der Waals surface area contributed by atoms with E-state index in [4.69, 9.17) is 28.2 Å². The minimum atomic E-state index is -0.337. The summed E-state index contributed by atoms with van der Waals surface area (Å²) in [5, 5.41) is 0.589. The van der Waals surface area contributed by atoms with Gasteiger partial charge in [-0.3, -0.25) is 9.69 Å². The van der Waals surface area contributed by atoms with Gasteiger partial charge in [0.2, 0.25) is 0 Å². The van der Waals surface area contributed by atoms with Gasteiger partial charge >= 0.3 is 0 Å². The summed E-state index contributed by atoms with van der Waals surface area (Å²) in [6.45, 7) is 0.314. The molecule has 1 saturated heterocycles. The average Bonchev–Trinajstić information content (AvgIpc) is 3.24. The van der Waals surface area contributed by atoms with Crippen LogP contribution in [0.2, 0.25) is 5.02 Å². The van der Waals surface area contributed by atoms with Gasteiger partial charge in [-0.15, -0.1) is 0 Å². The Morgan fingerprint density at radius 2 is 1.96 bits per heavy atom. The molecular weight excluding hydrogens is 417 g/mol. The van der Waals surface area contributed by atoms with Crippen molar-refractivity contribution in [2.45, 2.75) is 6.54 Å². The lowest BCUT2D eigenvalue weighted by Crippen LogP contribution is -2.27. The third-order valence-corrected chi connectivity index (χ3v) is 5.92. The summed E-state index contributed by atoms with van der Waals surface area (Å²) in [4.78, 5) is 14.8. The van der Waals surface area contributed by atoms with Gasteiger partial charge in [-0.2, -0.15) is 0 Å². The second-order valence-corrected chi connectivity index (χ2v) is 8.15. The minimum Gasteiger partial charge on any atom is -0.457 e. The summed E-state index contributed by atoms with van der Waals surface area (Å²) in [6, 6.07) is 17.0. The van der Waals surface area contributed by atoms with Crippen LogP contribution in [0.15, 0.2) is 70.0 Å². The summed E-state index contributed by atoms with van der Waals surface area (Å²) in [7, 11) is 0. The molecule has 3 nitrogen and oxygen atoms in total. The zero-order valence-corrected chi connectivity index (χ0v) is 16.8. The molecule has 1 fully saturated rings. The van der Waals surface area contributed by atoms with Crippen molar-refractivity contribution in [3.8, 4) is 11.3 Å². The molecule has 1 aromatic heterocycles. The lowest BCUT2D eigenvalue weighted by molar-refractivity contribution is -0.122. The van der Waals surface area contributed by atoms with Crippen molar-refractivity contribution in [1.29, 1.82) is 0 Å². The number of thiocarbonyl (C=S) groups is 1. The molecule has 0 radical (unpaired) electrons.